The molecule has 1 aromatic heterocycles. The SMILES string of the molecule is O=C(O)c1cnn(C2CCCCCC2O)c1Br. The second kappa shape index (κ2) is 5.18. The summed E-state index contributed by atoms with van der Waals surface area (Å²) in [4.78, 5) is 10.9. The molecule has 2 N–H and O–H groups in total. The van der Waals surface area contributed by atoms with Gasteiger partial charge in [0.05, 0.1) is 18.3 Å². The van der Waals surface area contributed by atoms with Crippen molar-refractivity contribution in [2.45, 2.75) is 44.2 Å². The molecule has 6 heteroatoms. The van der Waals surface area contributed by atoms with E-state index >= 15 is 0 Å². The van der Waals surface area contributed by atoms with Gasteiger partial charge in [0, 0.05) is 0 Å². The highest BCUT2D eigenvalue weighted by Crippen LogP contribution is 2.31. The van der Waals surface area contributed by atoms with Gasteiger partial charge in [-0.1, -0.05) is 19.3 Å². The summed E-state index contributed by atoms with van der Waals surface area (Å²) in [5, 5.41) is 23.1. The van der Waals surface area contributed by atoms with Crippen LogP contribution in [0.5, 0.6) is 0 Å². The van der Waals surface area contributed by atoms with Crippen LogP contribution in [-0.4, -0.2) is 32.1 Å². The number of nitrogens with zero attached hydrogens (tertiary/aromatic N) is 2. The van der Waals surface area contributed by atoms with Crippen LogP contribution >= 0.6 is 15.9 Å². The van der Waals surface area contributed by atoms with Crippen LogP contribution in [0.2, 0.25) is 0 Å². The van der Waals surface area contributed by atoms with Gasteiger partial charge in [-0.05, 0) is 28.8 Å². The first-order chi connectivity index (χ1) is 8.11. The predicted octanol–water partition coefficient (Wildman–Crippen LogP) is 2.21. The maximum Gasteiger partial charge on any atom is 0.340 e. The fourth-order valence-electron chi connectivity index (χ4n) is 2.28. The third kappa shape index (κ3) is 2.52. The van der Waals surface area contributed by atoms with Gasteiger partial charge in [0.2, 0.25) is 0 Å². The molecule has 0 bridgehead atoms. The third-order valence-electron chi connectivity index (χ3n) is 3.22. The Morgan fingerprint density at radius 3 is 2.76 bits per heavy atom. The number of aromatic nitrogens is 2. The Balaban J connectivity index is 2.29. The average Bonchev–Trinajstić information content (AvgIpc) is 2.52. The molecular formula is C11H15BrN2O3. The number of aliphatic hydroxyl groups excluding tert-OH is 1. The lowest BCUT2D eigenvalue weighted by molar-refractivity contribution is 0.0693. The van der Waals surface area contributed by atoms with E-state index in [1.54, 1.807) is 4.68 Å². The van der Waals surface area contributed by atoms with Crippen LogP contribution in [-0.2, 0) is 0 Å². The Morgan fingerprint density at radius 1 is 1.41 bits per heavy atom. The van der Waals surface area contributed by atoms with Gasteiger partial charge in [-0.25, -0.2) is 4.79 Å². The summed E-state index contributed by atoms with van der Waals surface area (Å²) in [6.45, 7) is 0. The number of carbonyl (C=O) groups is 1. The highest BCUT2D eigenvalue weighted by Gasteiger charge is 2.27. The van der Waals surface area contributed by atoms with Gasteiger partial charge in [0.15, 0.2) is 0 Å². The summed E-state index contributed by atoms with van der Waals surface area (Å²) in [7, 11) is 0. The number of halogens is 1. The first-order valence-electron chi connectivity index (χ1n) is 5.75. The minimum atomic E-state index is -1.01. The fourth-order valence-corrected chi connectivity index (χ4v) is 2.90. The molecule has 2 unspecified atom stereocenters. The van der Waals surface area contributed by atoms with Crippen molar-refractivity contribution in [3.8, 4) is 0 Å². The summed E-state index contributed by atoms with van der Waals surface area (Å²) >= 11 is 3.25. The van der Waals surface area contributed by atoms with E-state index in [0.717, 1.165) is 32.1 Å². The molecule has 1 fully saturated rings. The lowest BCUT2D eigenvalue weighted by Gasteiger charge is -2.21. The monoisotopic (exact) mass is 302 g/mol. The number of aliphatic hydroxyl groups is 1. The molecule has 1 saturated carbocycles. The molecular weight excluding hydrogens is 288 g/mol. The standard InChI is InChI=1S/C11H15BrN2O3/c12-10-7(11(16)17)6-13-14(10)8-4-2-1-3-5-9(8)15/h6,8-9,15H,1-5H2,(H,16,17). The highest BCUT2D eigenvalue weighted by molar-refractivity contribution is 9.10. The zero-order valence-electron chi connectivity index (χ0n) is 9.34. The summed E-state index contributed by atoms with van der Waals surface area (Å²) in [6, 6.07) is -0.125. The first-order valence-corrected chi connectivity index (χ1v) is 6.55. The molecule has 0 saturated heterocycles. The lowest BCUT2D eigenvalue weighted by Crippen LogP contribution is -2.24. The van der Waals surface area contributed by atoms with Crippen molar-refractivity contribution in [2.75, 3.05) is 0 Å². The van der Waals surface area contributed by atoms with Crippen molar-refractivity contribution in [2.24, 2.45) is 0 Å². The summed E-state index contributed by atoms with van der Waals surface area (Å²) in [6.07, 6.45) is 5.62. The lowest BCUT2D eigenvalue weighted by atomic mass is 10.1. The van der Waals surface area contributed by atoms with E-state index in [4.69, 9.17) is 5.11 Å². The van der Waals surface area contributed by atoms with Crippen molar-refractivity contribution >= 4 is 21.9 Å². The van der Waals surface area contributed by atoms with Gasteiger partial charge in [-0.2, -0.15) is 5.10 Å². The minimum absolute atomic E-state index is 0.125. The van der Waals surface area contributed by atoms with Crippen LogP contribution in [0.15, 0.2) is 10.8 Å². The minimum Gasteiger partial charge on any atom is -0.478 e. The number of carboxylic acids is 1. The van der Waals surface area contributed by atoms with Crippen molar-refractivity contribution in [1.82, 2.24) is 9.78 Å². The maximum atomic E-state index is 10.9. The average molecular weight is 303 g/mol. The second-order valence-electron chi connectivity index (χ2n) is 4.37. The van der Waals surface area contributed by atoms with Gasteiger partial charge in [0.1, 0.15) is 10.2 Å². The molecule has 2 rings (SSSR count). The zero-order valence-corrected chi connectivity index (χ0v) is 10.9. The molecule has 0 amide bonds. The van der Waals surface area contributed by atoms with E-state index in [9.17, 15) is 9.90 Å². The van der Waals surface area contributed by atoms with Crippen LogP contribution in [0.4, 0.5) is 0 Å². The fraction of sp³-hybridized carbons (Fsp3) is 0.636. The summed E-state index contributed by atoms with van der Waals surface area (Å²) in [5.74, 6) is -1.01. The number of hydrogen-bond acceptors (Lipinski definition) is 3. The van der Waals surface area contributed by atoms with E-state index < -0.39 is 12.1 Å². The summed E-state index contributed by atoms with van der Waals surface area (Å²) < 4.78 is 2.04. The van der Waals surface area contributed by atoms with Crippen LogP contribution < -0.4 is 0 Å². The van der Waals surface area contributed by atoms with Crippen LogP contribution in [0, 0.1) is 0 Å². The molecule has 17 heavy (non-hydrogen) atoms. The normalized spacial score (nSPS) is 25.5. The first kappa shape index (κ1) is 12.6. The number of rotatable bonds is 2. The quantitative estimate of drug-likeness (QED) is 0.821. The zero-order chi connectivity index (χ0) is 12.4. The Labute approximate surface area is 108 Å². The van der Waals surface area contributed by atoms with Crippen molar-refractivity contribution in [3.63, 3.8) is 0 Å². The molecule has 1 aromatic rings. The van der Waals surface area contributed by atoms with E-state index in [1.807, 2.05) is 0 Å². The van der Waals surface area contributed by atoms with E-state index in [1.165, 1.54) is 6.20 Å². The third-order valence-corrected chi connectivity index (χ3v) is 4.01. The van der Waals surface area contributed by atoms with Crippen LogP contribution in [0.3, 0.4) is 0 Å². The van der Waals surface area contributed by atoms with Crippen LogP contribution in [0.1, 0.15) is 48.5 Å². The van der Waals surface area contributed by atoms with E-state index in [0.29, 0.717) is 4.60 Å². The Bertz CT molecular complexity index is 419. The molecule has 0 spiro atoms. The molecule has 2 atom stereocenters. The predicted molar refractivity (Wildman–Crippen MR) is 65.0 cm³/mol. The smallest absolute Gasteiger partial charge is 0.340 e. The number of aromatic carboxylic acids is 1. The number of carboxylic acid groups (broad SMARTS) is 1. The van der Waals surface area contributed by atoms with Gasteiger partial charge in [0.25, 0.3) is 0 Å². The van der Waals surface area contributed by atoms with Gasteiger partial charge >= 0.3 is 5.97 Å². The van der Waals surface area contributed by atoms with Gasteiger partial charge < -0.3 is 10.2 Å². The second-order valence-corrected chi connectivity index (χ2v) is 5.12. The molecule has 0 aromatic carbocycles. The molecule has 0 aliphatic heterocycles. The molecule has 0 radical (unpaired) electrons. The topological polar surface area (TPSA) is 75.3 Å². The largest absolute Gasteiger partial charge is 0.478 e. The Morgan fingerprint density at radius 2 is 2.12 bits per heavy atom. The molecule has 5 nitrogen and oxygen atoms in total. The van der Waals surface area contributed by atoms with E-state index in [-0.39, 0.29) is 11.6 Å². The molecule has 1 heterocycles. The highest BCUT2D eigenvalue weighted by atomic mass is 79.9. The maximum absolute atomic E-state index is 10.9. The number of hydrogen-bond donors (Lipinski definition) is 2. The molecule has 1 aliphatic rings. The van der Waals surface area contributed by atoms with Gasteiger partial charge in [-0.15, -0.1) is 0 Å². The van der Waals surface area contributed by atoms with Crippen molar-refractivity contribution in [1.29, 1.82) is 0 Å². The van der Waals surface area contributed by atoms with Crippen LogP contribution in [0.25, 0.3) is 0 Å². The van der Waals surface area contributed by atoms with Gasteiger partial charge in [-0.3, -0.25) is 4.68 Å². The van der Waals surface area contributed by atoms with Crippen molar-refractivity contribution in [3.05, 3.63) is 16.4 Å². The van der Waals surface area contributed by atoms with E-state index in [2.05, 4.69) is 21.0 Å². The molecule has 94 valence electrons. The summed E-state index contributed by atoms with van der Waals surface area (Å²) in [5.41, 5.74) is 0.140. The van der Waals surface area contributed by atoms with Crippen molar-refractivity contribution < 1.29 is 15.0 Å². The molecule has 1 aliphatic carbocycles. The Kier molecular flexibility index (Phi) is 3.83. The Hall–Kier alpha value is -0.880.